The molecule has 2 unspecified atom stereocenters. The van der Waals surface area contributed by atoms with E-state index in [9.17, 15) is 19.8 Å². The topological polar surface area (TPSA) is 95.9 Å². The number of carbonyl (C=O) groups is 2. The summed E-state index contributed by atoms with van der Waals surface area (Å²) in [7, 11) is 0. The van der Waals surface area contributed by atoms with E-state index in [2.05, 4.69) is 67.8 Å². The molecule has 546 valence electrons. The maximum absolute atomic E-state index is 12.5. The largest absolute Gasteiger partial charge is 0.466 e. The van der Waals surface area contributed by atoms with E-state index in [1.54, 1.807) is 6.08 Å². The van der Waals surface area contributed by atoms with Gasteiger partial charge in [-0.05, 0) is 96.3 Å². The van der Waals surface area contributed by atoms with Crippen LogP contribution in [-0.2, 0) is 14.3 Å². The van der Waals surface area contributed by atoms with Crippen molar-refractivity contribution in [1.82, 2.24) is 5.32 Å². The first-order valence-corrected chi connectivity index (χ1v) is 42.1. The number of aliphatic hydroxyl groups is 2. The second kappa shape index (κ2) is 82.0. The molecule has 0 bridgehead atoms. The van der Waals surface area contributed by atoms with Crippen LogP contribution in [0.2, 0.25) is 0 Å². The molecule has 0 rings (SSSR count). The fourth-order valence-corrected chi connectivity index (χ4v) is 13.1. The summed E-state index contributed by atoms with van der Waals surface area (Å²) in [5.41, 5.74) is 0. The van der Waals surface area contributed by atoms with Crippen LogP contribution in [0.3, 0.4) is 0 Å². The maximum Gasteiger partial charge on any atom is 0.305 e. The van der Waals surface area contributed by atoms with E-state index in [4.69, 9.17) is 4.74 Å². The van der Waals surface area contributed by atoms with Gasteiger partial charge in [-0.25, -0.2) is 0 Å². The van der Waals surface area contributed by atoms with Crippen molar-refractivity contribution in [2.24, 2.45) is 0 Å². The molecule has 2 atom stereocenters. The van der Waals surface area contributed by atoms with Gasteiger partial charge in [-0.2, -0.15) is 0 Å². The standard InChI is InChI=1S/C87H163NO5/c1-3-5-7-9-11-13-15-17-19-21-22-44-48-51-55-59-63-67-71-75-79-85(90)84(83-89)88-86(91)80-76-72-68-64-60-56-52-49-45-42-40-38-36-34-32-30-28-26-24-23-25-27-29-31-33-35-37-39-41-43-46-50-54-58-62-66-70-74-78-82-93-87(92)81-77-73-69-65-61-57-53-47-20-18-16-14-12-10-8-6-4-2/h12,14,18,20,23-24,27,29,75,79,84-85,89-90H,3-11,13,15-17,19,21-22,25-26,28,30-74,76-78,80-83H2,1-2H3,(H,88,91)/b14-12-,20-18-,24-23-,29-27-,79-75+. The lowest BCUT2D eigenvalue weighted by atomic mass is 10.0. The minimum Gasteiger partial charge on any atom is -0.466 e. The zero-order valence-corrected chi connectivity index (χ0v) is 62.8. The van der Waals surface area contributed by atoms with Crippen molar-refractivity contribution in [3.63, 3.8) is 0 Å². The van der Waals surface area contributed by atoms with Gasteiger partial charge in [0.25, 0.3) is 0 Å². The molecule has 93 heavy (non-hydrogen) atoms. The van der Waals surface area contributed by atoms with Crippen molar-refractivity contribution in [2.75, 3.05) is 13.2 Å². The van der Waals surface area contributed by atoms with Gasteiger partial charge in [0.15, 0.2) is 0 Å². The second-order valence-electron chi connectivity index (χ2n) is 28.8. The SMILES string of the molecule is CCCCC/C=C\C/C=C\CCCCCCCCCC(=O)OCCCCCCCCCCCCCCCCC/C=C\C/C=C\CCCCCCCCCCCCCCCCCCCC(=O)NC(CO)C(O)/C=C/CCCCCCCCCCCCCCCCCCCC. The maximum atomic E-state index is 12.5. The number of hydrogen-bond donors (Lipinski definition) is 3. The lowest BCUT2D eigenvalue weighted by Gasteiger charge is -2.20. The summed E-state index contributed by atoms with van der Waals surface area (Å²) in [6.45, 7) is 4.92. The number of ether oxygens (including phenoxy) is 1. The molecule has 0 aromatic heterocycles. The smallest absolute Gasteiger partial charge is 0.305 e. The summed E-state index contributed by atoms with van der Waals surface area (Å²) < 4.78 is 5.51. The van der Waals surface area contributed by atoms with Gasteiger partial charge in [-0.3, -0.25) is 9.59 Å². The highest BCUT2D eigenvalue weighted by molar-refractivity contribution is 5.76. The van der Waals surface area contributed by atoms with Gasteiger partial charge >= 0.3 is 5.97 Å². The molecule has 6 nitrogen and oxygen atoms in total. The molecule has 0 fully saturated rings. The van der Waals surface area contributed by atoms with Crippen LogP contribution < -0.4 is 5.32 Å². The van der Waals surface area contributed by atoms with Crippen LogP contribution in [0.25, 0.3) is 0 Å². The summed E-state index contributed by atoms with van der Waals surface area (Å²) >= 11 is 0. The first-order valence-electron chi connectivity index (χ1n) is 42.1. The van der Waals surface area contributed by atoms with Crippen LogP contribution in [0.4, 0.5) is 0 Å². The van der Waals surface area contributed by atoms with Crippen LogP contribution in [-0.4, -0.2) is 47.4 Å². The highest BCUT2D eigenvalue weighted by Crippen LogP contribution is 2.20. The molecule has 3 N–H and O–H groups in total. The summed E-state index contributed by atoms with van der Waals surface area (Å²) in [6, 6.07) is -0.627. The molecule has 1 amide bonds. The minimum atomic E-state index is -0.844. The van der Waals surface area contributed by atoms with E-state index in [1.807, 2.05) is 6.08 Å². The monoisotopic (exact) mass is 1300 g/mol. The Morgan fingerprint density at radius 3 is 0.839 bits per heavy atom. The van der Waals surface area contributed by atoms with E-state index >= 15 is 0 Å². The van der Waals surface area contributed by atoms with Gasteiger partial charge in [-0.1, -0.05) is 408 Å². The third-order valence-electron chi connectivity index (χ3n) is 19.5. The molecule has 0 aromatic rings. The molecule has 0 heterocycles. The number of unbranched alkanes of at least 4 members (excludes halogenated alkanes) is 60. The van der Waals surface area contributed by atoms with Crippen molar-refractivity contribution in [3.05, 3.63) is 60.8 Å². The van der Waals surface area contributed by atoms with Crippen molar-refractivity contribution in [3.8, 4) is 0 Å². The Balaban J connectivity index is 3.37. The average molecular weight is 1300 g/mol. The molecular weight excluding hydrogens is 1140 g/mol. The Morgan fingerprint density at radius 1 is 0.301 bits per heavy atom. The van der Waals surface area contributed by atoms with Crippen LogP contribution >= 0.6 is 0 Å². The molecule has 0 saturated heterocycles. The molecule has 0 radical (unpaired) electrons. The number of hydrogen-bond acceptors (Lipinski definition) is 5. The number of amides is 1. The number of aliphatic hydroxyl groups excluding tert-OH is 2. The van der Waals surface area contributed by atoms with E-state index in [0.717, 1.165) is 57.8 Å². The Hall–Kier alpha value is -2.44. The lowest BCUT2D eigenvalue weighted by molar-refractivity contribution is -0.143. The number of rotatable bonds is 79. The number of carbonyl (C=O) groups excluding carboxylic acids is 2. The predicted molar refractivity (Wildman–Crippen MR) is 412 cm³/mol. The van der Waals surface area contributed by atoms with E-state index < -0.39 is 12.1 Å². The average Bonchev–Trinajstić information content (AvgIpc) is 3.78. The third-order valence-corrected chi connectivity index (χ3v) is 19.5. The minimum absolute atomic E-state index is 0.0127. The van der Waals surface area contributed by atoms with E-state index in [1.165, 1.54) is 372 Å². The van der Waals surface area contributed by atoms with Gasteiger partial charge in [0.1, 0.15) is 0 Å². The van der Waals surface area contributed by atoms with Crippen molar-refractivity contribution in [2.45, 2.75) is 469 Å². The highest BCUT2D eigenvalue weighted by Gasteiger charge is 2.18. The van der Waals surface area contributed by atoms with Crippen molar-refractivity contribution in [1.29, 1.82) is 0 Å². The lowest BCUT2D eigenvalue weighted by Crippen LogP contribution is -2.45. The summed E-state index contributed by atoms with van der Waals surface area (Å²) in [5, 5.41) is 23.3. The van der Waals surface area contributed by atoms with Gasteiger partial charge in [0.2, 0.25) is 5.91 Å². The summed E-state index contributed by atoms with van der Waals surface area (Å²) in [6.07, 6.45) is 111. The molecule has 0 saturated carbocycles. The first-order chi connectivity index (χ1) is 46.0. The molecule has 0 spiro atoms. The van der Waals surface area contributed by atoms with Gasteiger partial charge in [0.05, 0.1) is 25.4 Å². The Kier molecular flexibility index (Phi) is 79.8. The van der Waals surface area contributed by atoms with Crippen LogP contribution in [0.15, 0.2) is 60.8 Å². The normalized spacial score (nSPS) is 12.8. The molecule has 0 aliphatic carbocycles. The quantitative estimate of drug-likeness (QED) is 0.0320. The Bertz CT molecular complexity index is 1600. The van der Waals surface area contributed by atoms with Gasteiger partial charge in [0, 0.05) is 12.8 Å². The van der Waals surface area contributed by atoms with Crippen LogP contribution in [0.5, 0.6) is 0 Å². The third kappa shape index (κ3) is 78.4. The van der Waals surface area contributed by atoms with Crippen molar-refractivity contribution < 1.29 is 24.5 Å². The Morgan fingerprint density at radius 2 is 0.538 bits per heavy atom. The second-order valence-corrected chi connectivity index (χ2v) is 28.8. The van der Waals surface area contributed by atoms with Crippen LogP contribution in [0.1, 0.15) is 457 Å². The zero-order valence-electron chi connectivity index (χ0n) is 62.8. The molecular formula is C87H163NO5. The first kappa shape index (κ1) is 90.6. The summed E-state index contributed by atoms with van der Waals surface area (Å²) in [4.78, 5) is 24.7. The summed E-state index contributed by atoms with van der Waals surface area (Å²) in [5.74, 6) is -0.0483. The number of allylic oxidation sites excluding steroid dienone is 9. The fraction of sp³-hybridized carbons (Fsp3) is 0.862. The van der Waals surface area contributed by atoms with Gasteiger partial charge in [-0.15, -0.1) is 0 Å². The highest BCUT2D eigenvalue weighted by atomic mass is 16.5. The van der Waals surface area contributed by atoms with Crippen LogP contribution in [0, 0.1) is 0 Å². The van der Waals surface area contributed by atoms with Gasteiger partial charge < -0.3 is 20.3 Å². The predicted octanol–water partition coefficient (Wildman–Crippen LogP) is 28.1. The van der Waals surface area contributed by atoms with E-state index in [0.29, 0.717) is 19.4 Å². The van der Waals surface area contributed by atoms with Crippen molar-refractivity contribution >= 4 is 11.9 Å². The Labute approximate surface area is 581 Å². The molecule has 0 aliphatic rings. The zero-order chi connectivity index (χ0) is 67.0. The number of esters is 1. The van der Waals surface area contributed by atoms with E-state index in [-0.39, 0.29) is 18.5 Å². The molecule has 0 aromatic carbocycles. The number of nitrogens with one attached hydrogen (secondary N) is 1. The molecule has 6 heteroatoms. The molecule has 0 aliphatic heterocycles. The fourth-order valence-electron chi connectivity index (χ4n) is 13.1.